The molecule has 0 amide bonds. The molecule has 1 saturated heterocycles. The lowest BCUT2D eigenvalue weighted by Crippen LogP contribution is -2.39. The number of aromatic nitrogens is 4. The number of ether oxygens (including phenoxy) is 2. The first-order valence-electron chi connectivity index (χ1n) is 9.06. The molecule has 1 fully saturated rings. The minimum atomic E-state index is 0.0675. The van der Waals surface area contributed by atoms with Gasteiger partial charge in [-0.1, -0.05) is 18.2 Å². The molecule has 0 saturated carbocycles. The average molecular weight is 368 g/mol. The van der Waals surface area contributed by atoms with E-state index in [4.69, 9.17) is 14.1 Å². The molecule has 4 heterocycles. The summed E-state index contributed by atoms with van der Waals surface area (Å²) in [4.78, 5) is 13.6. The molecule has 1 atom stereocenters. The van der Waals surface area contributed by atoms with Gasteiger partial charge in [0.25, 0.3) is 0 Å². The number of benzene rings is 1. The fourth-order valence-corrected chi connectivity index (χ4v) is 3.61. The molecule has 2 aliphatic heterocycles. The van der Waals surface area contributed by atoms with E-state index < -0.39 is 0 Å². The van der Waals surface area contributed by atoms with Crippen LogP contribution in [0.3, 0.4) is 0 Å². The minimum absolute atomic E-state index is 0.0675. The van der Waals surface area contributed by atoms with Crippen LogP contribution in [0.5, 0.6) is 5.75 Å². The molecule has 3 aromatic rings. The van der Waals surface area contributed by atoms with Gasteiger partial charge in [0, 0.05) is 26.6 Å². The monoisotopic (exact) mass is 368 g/mol. The Kier molecular flexibility index (Phi) is 4.01. The first-order chi connectivity index (χ1) is 13.3. The molecule has 9 nitrogen and oxygen atoms in total. The van der Waals surface area contributed by atoms with Crippen molar-refractivity contribution in [2.45, 2.75) is 12.5 Å². The maximum absolute atomic E-state index is 6.09. The molecule has 140 valence electrons. The van der Waals surface area contributed by atoms with Crippen LogP contribution in [0.1, 0.15) is 5.56 Å². The number of morpholine rings is 1. The number of hydrogen-bond donors (Lipinski definition) is 0. The van der Waals surface area contributed by atoms with Crippen LogP contribution in [-0.2, 0) is 11.2 Å². The van der Waals surface area contributed by atoms with Gasteiger partial charge in [0.1, 0.15) is 11.9 Å². The first-order valence-corrected chi connectivity index (χ1v) is 9.06. The highest BCUT2D eigenvalue weighted by molar-refractivity contribution is 5.74. The summed E-state index contributed by atoms with van der Waals surface area (Å²) in [5.74, 6) is 2.49. The zero-order chi connectivity index (χ0) is 18.2. The van der Waals surface area contributed by atoms with Crippen molar-refractivity contribution >= 4 is 22.9 Å². The Morgan fingerprint density at radius 3 is 2.70 bits per heavy atom. The van der Waals surface area contributed by atoms with E-state index in [9.17, 15) is 0 Å². The van der Waals surface area contributed by atoms with Crippen LogP contribution in [0.15, 0.2) is 28.9 Å². The second-order valence-electron chi connectivity index (χ2n) is 6.81. The Labute approximate surface area is 155 Å². The van der Waals surface area contributed by atoms with Gasteiger partial charge in [-0.25, -0.2) is 14.6 Å². The van der Waals surface area contributed by atoms with Crippen LogP contribution in [0.25, 0.3) is 11.3 Å². The van der Waals surface area contributed by atoms with E-state index in [0.29, 0.717) is 31.1 Å². The summed E-state index contributed by atoms with van der Waals surface area (Å²) in [5, 5.41) is 7.70. The van der Waals surface area contributed by atoms with Crippen LogP contribution >= 0.6 is 0 Å². The predicted octanol–water partition coefficient (Wildman–Crippen LogP) is 1.29. The van der Waals surface area contributed by atoms with Crippen LogP contribution in [-0.4, -0.2) is 66.3 Å². The Balaban J connectivity index is 1.42. The molecule has 2 aliphatic rings. The highest BCUT2D eigenvalue weighted by atomic mass is 16.6. The summed E-state index contributed by atoms with van der Waals surface area (Å²) in [6, 6.07) is 8.17. The smallest absolute Gasteiger partial charge is 0.245 e. The summed E-state index contributed by atoms with van der Waals surface area (Å²) in [7, 11) is 2.00. The molecule has 9 heteroatoms. The molecule has 0 spiro atoms. The van der Waals surface area contributed by atoms with E-state index in [-0.39, 0.29) is 6.10 Å². The number of para-hydroxylation sites is 1. The topological polar surface area (TPSA) is 89.6 Å². The van der Waals surface area contributed by atoms with Gasteiger partial charge in [0.2, 0.25) is 11.3 Å². The molecule has 1 aromatic carbocycles. The third-order valence-electron chi connectivity index (χ3n) is 4.94. The van der Waals surface area contributed by atoms with Gasteiger partial charge in [-0.2, -0.15) is 0 Å². The zero-order valence-corrected chi connectivity index (χ0v) is 15.0. The molecule has 27 heavy (non-hydrogen) atoms. The fourth-order valence-electron chi connectivity index (χ4n) is 3.61. The first kappa shape index (κ1) is 16.2. The molecule has 0 bridgehead atoms. The zero-order valence-electron chi connectivity index (χ0n) is 15.0. The summed E-state index contributed by atoms with van der Waals surface area (Å²) in [6.07, 6.45) is 0.951. The Hall–Kier alpha value is -2.94. The quantitative estimate of drug-likeness (QED) is 0.675. The van der Waals surface area contributed by atoms with Crippen molar-refractivity contribution in [2.24, 2.45) is 0 Å². The van der Waals surface area contributed by atoms with Crippen LogP contribution in [0.4, 0.5) is 11.6 Å². The van der Waals surface area contributed by atoms with Gasteiger partial charge >= 0.3 is 0 Å². The summed E-state index contributed by atoms with van der Waals surface area (Å²) in [6.45, 7) is 3.55. The molecule has 5 rings (SSSR count). The van der Waals surface area contributed by atoms with Gasteiger partial charge in [0.15, 0.2) is 11.6 Å². The maximum Gasteiger partial charge on any atom is 0.245 e. The van der Waals surface area contributed by atoms with E-state index in [0.717, 1.165) is 36.9 Å². The largest absolute Gasteiger partial charge is 0.488 e. The number of nitrogens with zero attached hydrogens (tertiary/aromatic N) is 6. The van der Waals surface area contributed by atoms with Crippen molar-refractivity contribution in [3.05, 3.63) is 29.8 Å². The Morgan fingerprint density at radius 1 is 1.11 bits per heavy atom. The van der Waals surface area contributed by atoms with Crippen molar-refractivity contribution in [3.63, 3.8) is 0 Å². The van der Waals surface area contributed by atoms with E-state index in [1.165, 1.54) is 5.56 Å². The molecule has 0 N–H and O–H groups in total. The van der Waals surface area contributed by atoms with E-state index in [1.54, 1.807) is 0 Å². The van der Waals surface area contributed by atoms with Gasteiger partial charge < -0.3 is 19.3 Å². The van der Waals surface area contributed by atoms with Gasteiger partial charge in [-0.05, 0) is 21.9 Å². The van der Waals surface area contributed by atoms with E-state index >= 15 is 0 Å². The molecule has 0 radical (unpaired) electrons. The number of fused-ring (bicyclic) bond motifs is 2. The molecule has 2 aromatic heterocycles. The van der Waals surface area contributed by atoms with Crippen molar-refractivity contribution < 1.29 is 14.1 Å². The lowest BCUT2D eigenvalue weighted by Gasteiger charge is -2.31. The fraction of sp³-hybridized carbons (Fsp3) is 0.444. The lowest BCUT2D eigenvalue weighted by atomic mass is 10.1. The number of rotatable bonds is 4. The number of likely N-dealkylation sites (N-methyl/N-ethyl adjacent to an activating group) is 1. The third kappa shape index (κ3) is 3.03. The SMILES string of the molecule is CN(C[C@@H]1Cc2ccccc2O1)c1nc2nonc2nc1N1CCOCC1. The highest BCUT2D eigenvalue weighted by Gasteiger charge is 2.27. The van der Waals surface area contributed by atoms with Crippen molar-refractivity contribution in [2.75, 3.05) is 49.7 Å². The number of hydrogen-bond acceptors (Lipinski definition) is 9. The van der Waals surface area contributed by atoms with Crippen molar-refractivity contribution in [1.29, 1.82) is 0 Å². The normalized spacial score (nSPS) is 19.1. The lowest BCUT2D eigenvalue weighted by molar-refractivity contribution is 0.122. The second kappa shape index (κ2) is 6.66. The van der Waals surface area contributed by atoms with Crippen molar-refractivity contribution in [3.8, 4) is 5.75 Å². The molecular weight excluding hydrogens is 348 g/mol. The van der Waals surface area contributed by atoms with E-state index in [1.807, 2.05) is 25.2 Å². The second-order valence-corrected chi connectivity index (χ2v) is 6.81. The predicted molar refractivity (Wildman–Crippen MR) is 98.3 cm³/mol. The van der Waals surface area contributed by atoms with Crippen LogP contribution < -0.4 is 14.5 Å². The molecular formula is C18H20N6O3. The van der Waals surface area contributed by atoms with Crippen LogP contribution in [0.2, 0.25) is 0 Å². The summed E-state index contributed by atoms with van der Waals surface area (Å²) >= 11 is 0. The standard InChI is InChI=1S/C18H20N6O3/c1-23(11-13-10-12-4-2-3-5-14(12)26-13)17-18(24-6-8-25-9-7-24)20-16-15(19-17)21-27-22-16/h2-5,13H,6-11H2,1H3/t13-/m0/s1. The molecule has 0 aliphatic carbocycles. The Bertz CT molecular complexity index is 930. The summed E-state index contributed by atoms with van der Waals surface area (Å²) in [5.41, 5.74) is 2.06. The van der Waals surface area contributed by atoms with Gasteiger partial charge in [0.05, 0.1) is 19.8 Å². The van der Waals surface area contributed by atoms with E-state index in [2.05, 4.69) is 36.1 Å². The highest BCUT2D eigenvalue weighted by Crippen LogP contribution is 2.31. The average Bonchev–Trinajstić information content (AvgIpc) is 3.33. The summed E-state index contributed by atoms with van der Waals surface area (Å²) < 4.78 is 16.4. The number of anilines is 2. The minimum Gasteiger partial charge on any atom is -0.488 e. The van der Waals surface area contributed by atoms with Gasteiger partial charge in [-0.3, -0.25) is 0 Å². The Morgan fingerprint density at radius 2 is 1.89 bits per heavy atom. The molecule has 0 unspecified atom stereocenters. The van der Waals surface area contributed by atoms with Crippen molar-refractivity contribution in [1.82, 2.24) is 20.3 Å². The van der Waals surface area contributed by atoms with Gasteiger partial charge in [-0.15, -0.1) is 0 Å². The third-order valence-corrected chi connectivity index (χ3v) is 4.94. The maximum atomic E-state index is 6.09. The van der Waals surface area contributed by atoms with Crippen LogP contribution in [0, 0.1) is 0 Å².